The van der Waals surface area contributed by atoms with Crippen LogP contribution in [0.1, 0.15) is 112 Å². The first kappa shape index (κ1) is 22.9. The van der Waals surface area contributed by atoms with Crippen LogP contribution in [0.4, 0.5) is 0 Å². The lowest BCUT2D eigenvalue weighted by Crippen LogP contribution is -2.50. The number of aliphatic hydroxyl groups excluding tert-OH is 1. The zero-order chi connectivity index (χ0) is 21.7. The second-order valence-electron chi connectivity index (χ2n) is 12.9. The lowest BCUT2D eigenvalue weighted by atomic mass is 9.47. The Kier molecular flexibility index (Phi) is 6.53. The van der Waals surface area contributed by atoms with Gasteiger partial charge in [-0.1, -0.05) is 66.0 Å². The second kappa shape index (κ2) is 8.57. The van der Waals surface area contributed by atoms with Gasteiger partial charge in [-0.25, -0.2) is 0 Å². The molecular weight excluding hydrogens is 364 g/mol. The van der Waals surface area contributed by atoms with Crippen molar-refractivity contribution < 1.29 is 5.11 Å². The van der Waals surface area contributed by atoms with Gasteiger partial charge in [0.25, 0.3) is 0 Å². The largest absolute Gasteiger partial charge is 0.393 e. The van der Waals surface area contributed by atoms with Crippen molar-refractivity contribution in [3.8, 4) is 0 Å². The fraction of sp³-hybridized carbons (Fsp3) is 0.931. The summed E-state index contributed by atoms with van der Waals surface area (Å²) in [5.41, 5.74) is 2.59. The van der Waals surface area contributed by atoms with Gasteiger partial charge < -0.3 is 5.11 Å². The SMILES string of the molecule is CC[C@@H](CC[C@@H](C)[C@@H]1CC[C@H]2[C@@H]3CC=C4C[C@@H](O)CC[C@]4(C)[C@@H]3CC[C@@]21C)C(C)C. The van der Waals surface area contributed by atoms with Gasteiger partial charge in [-0.3, -0.25) is 0 Å². The van der Waals surface area contributed by atoms with Crippen molar-refractivity contribution in [1.82, 2.24) is 0 Å². The Hall–Kier alpha value is -0.300. The summed E-state index contributed by atoms with van der Waals surface area (Å²) < 4.78 is 0. The molecule has 0 aromatic heterocycles. The van der Waals surface area contributed by atoms with Crippen molar-refractivity contribution in [3.05, 3.63) is 11.6 Å². The maximum Gasteiger partial charge on any atom is 0.0577 e. The molecule has 0 spiro atoms. The van der Waals surface area contributed by atoms with E-state index in [-0.39, 0.29) is 6.10 Å². The average Bonchev–Trinajstić information content (AvgIpc) is 3.06. The summed E-state index contributed by atoms with van der Waals surface area (Å²) in [6.45, 7) is 15.1. The molecule has 0 aromatic rings. The molecule has 0 radical (unpaired) electrons. The summed E-state index contributed by atoms with van der Waals surface area (Å²) >= 11 is 0. The molecule has 3 saturated carbocycles. The zero-order valence-corrected chi connectivity index (χ0v) is 20.9. The van der Waals surface area contributed by atoms with Gasteiger partial charge in [0.2, 0.25) is 0 Å². The number of hydrogen-bond acceptors (Lipinski definition) is 1. The topological polar surface area (TPSA) is 20.2 Å². The van der Waals surface area contributed by atoms with E-state index in [4.69, 9.17) is 0 Å². The monoisotopic (exact) mass is 414 g/mol. The van der Waals surface area contributed by atoms with Crippen molar-refractivity contribution >= 4 is 0 Å². The van der Waals surface area contributed by atoms with Crippen LogP contribution in [0.5, 0.6) is 0 Å². The molecule has 0 unspecified atom stereocenters. The van der Waals surface area contributed by atoms with Crippen LogP contribution in [-0.2, 0) is 0 Å². The van der Waals surface area contributed by atoms with E-state index in [1.54, 1.807) is 5.57 Å². The lowest BCUT2D eigenvalue weighted by Gasteiger charge is -2.58. The highest BCUT2D eigenvalue weighted by molar-refractivity contribution is 5.25. The van der Waals surface area contributed by atoms with Gasteiger partial charge in [-0.2, -0.15) is 0 Å². The van der Waals surface area contributed by atoms with Crippen LogP contribution in [0.15, 0.2) is 11.6 Å². The van der Waals surface area contributed by atoms with Gasteiger partial charge in [-0.05, 0) is 110 Å². The lowest BCUT2D eigenvalue weighted by molar-refractivity contribution is -0.0575. The number of rotatable bonds is 6. The van der Waals surface area contributed by atoms with E-state index in [0.717, 1.165) is 54.3 Å². The summed E-state index contributed by atoms with van der Waals surface area (Å²) in [6, 6.07) is 0. The summed E-state index contributed by atoms with van der Waals surface area (Å²) in [5, 5.41) is 10.2. The molecule has 4 rings (SSSR count). The highest BCUT2D eigenvalue weighted by Crippen LogP contribution is 2.67. The third kappa shape index (κ3) is 3.74. The minimum absolute atomic E-state index is 0.0794. The van der Waals surface area contributed by atoms with E-state index in [9.17, 15) is 5.11 Å². The third-order valence-corrected chi connectivity index (χ3v) is 11.3. The third-order valence-electron chi connectivity index (χ3n) is 11.3. The molecule has 0 amide bonds. The summed E-state index contributed by atoms with van der Waals surface area (Å²) in [5.74, 6) is 6.31. The van der Waals surface area contributed by atoms with Crippen LogP contribution in [0.3, 0.4) is 0 Å². The van der Waals surface area contributed by atoms with Crippen LogP contribution in [0.2, 0.25) is 0 Å². The maximum atomic E-state index is 10.2. The number of allylic oxidation sites excluding steroid dienone is 1. The van der Waals surface area contributed by atoms with Crippen LogP contribution >= 0.6 is 0 Å². The van der Waals surface area contributed by atoms with Crippen LogP contribution in [-0.4, -0.2) is 11.2 Å². The Morgan fingerprint density at radius 1 is 1.00 bits per heavy atom. The van der Waals surface area contributed by atoms with Gasteiger partial charge >= 0.3 is 0 Å². The molecule has 1 heteroatoms. The molecule has 4 aliphatic carbocycles. The van der Waals surface area contributed by atoms with E-state index >= 15 is 0 Å². The first-order chi connectivity index (χ1) is 14.2. The van der Waals surface area contributed by atoms with E-state index < -0.39 is 0 Å². The Morgan fingerprint density at radius 2 is 1.77 bits per heavy atom. The van der Waals surface area contributed by atoms with Crippen molar-refractivity contribution in [2.75, 3.05) is 0 Å². The van der Waals surface area contributed by atoms with E-state index in [0.29, 0.717) is 10.8 Å². The quantitative estimate of drug-likeness (QED) is 0.436. The smallest absolute Gasteiger partial charge is 0.0577 e. The van der Waals surface area contributed by atoms with Crippen molar-refractivity contribution in [2.45, 2.75) is 118 Å². The van der Waals surface area contributed by atoms with Crippen LogP contribution < -0.4 is 0 Å². The first-order valence-electron chi connectivity index (χ1n) is 13.6. The molecule has 9 atom stereocenters. The highest BCUT2D eigenvalue weighted by Gasteiger charge is 2.59. The Balaban J connectivity index is 1.47. The molecule has 1 N–H and O–H groups in total. The van der Waals surface area contributed by atoms with Crippen molar-refractivity contribution in [2.24, 2.45) is 52.3 Å². The summed E-state index contributed by atoms with van der Waals surface area (Å²) in [4.78, 5) is 0. The number of aliphatic hydroxyl groups is 1. The average molecular weight is 415 g/mol. The molecule has 3 fully saturated rings. The molecule has 0 saturated heterocycles. The fourth-order valence-corrected chi connectivity index (χ4v) is 9.30. The van der Waals surface area contributed by atoms with Gasteiger partial charge in [0.1, 0.15) is 0 Å². The maximum absolute atomic E-state index is 10.2. The Morgan fingerprint density at radius 3 is 2.47 bits per heavy atom. The summed E-state index contributed by atoms with van der Waals surface area (Å²) in [7, 11) is 0. The van der Waals surface area contributed by atoms with E-state index in [2.05, 4.69) is 47.6 Å². The normalized spacial score (nSPS) is 45.3. The molecule has 4 aliphatic rings. The van der Waals surface area contributed by atoms with E-state index in [1.165, 1.54) is 57.8 Å². The minimum atomic E-state index is -0.0794. The molecule has 0 aromatic carbocycles. The van der Waals surface area contributed by atoms with E-state index in [1.807, 2.05) is 0 Å². The van der Waals surface area contributed by atoms with Gasteiger partial charge in [0, 0.05) is 0 Å². The van der Waals surface area contributed by atoms with Gasteiger partial charge in [0.15, 0.2) is 0 Å². The predicted octanol–water partition coefficient (Wildman–Crippen LogP) is 8.02. The van der Waals surface area contributed by atoms with Crippen molar-refractivity contribution in [1.29, 1.82) is 0 Å². The standard InChI is InChI=1S/C29H50O/c1-7-21(19(2)3)9-8-20(4)25-12-13-26-24-11-10-22-18-23(30)14-16-28(22,5)27(24)15-17-29(25,26)6/h10,19-21,23-27,30H,7-9,11-18H2,1-6H3/t20-,21+,23+,24+,25+,26+,27-,28+,29-/m1/s1. The number of fused-ring (bicyclic) bond motifs is 5. The summed E-state index contributed by atoms with van der Waals surface area (Å²) in [6.07, 6.45) is 17.1. The number of hydrogen-bond donors (Lipinski definition) is 1. The molecule has 0 bridgehead atoms. The Labute approximate surface area is 187 Å². The minimum Gasteiger partial charge on any atom is -0.393 e. The molecular formula is C29H50O. The molecule has 172 valence electrons. The van der Waals surface area contributed by atoms with Crippen molar-refractivity contribution in [3.63, 3.8) is 0 Å². The fourth-order valence-electron chi connectivity index (χ4n) is 9.30. The van der Waals surface area contributed by atoms with Gasteiger partial charge in [0.05, 0.1) is 6.10 Å². The Bertz CT molecular complexity index is 634. The second-order valence-corrected chi connectivity index (χ2v) is 12.9. The molecule has 30 heavy (non-hydrogen) atoms. The van der Waals surface area contributed by atoms with Crippen LogP contribution in [0, 0.1) is 52.3 Å². The van der Waals surface area contributed by atoms with Crippen LogP contribution in [0.25, 0.3) is 0 Å². The molecule has 0 heterocycles. The first-order valence-corrected chi connectivity index (χ1v) is 13.6. The predicted molar refractivity (Wildman–Crippen MR) is 128 cm³/mol. The van der Waals surface area contributed by atoms with Gasteiger partial charge in [-0.15, -0.1) is 0 Å². The molecule has 1 nitrogen and oxygen atoms in total. The zero-order valence-electron chi connectivity index (χ0n) is 20.9. The molecule has 0 aliphatic heterocycles. The highest BCUT2D eigenvalue weighted by atomic mass is 16.3.